The SMILES string of the molecule is CCCCN(CCO)c1nc(N)nc(N2CCOCC2)n1. The van der Waals surface area contributed by atoms with E-state index in [1.54, 1.807) is 0 Å². The molecule has 0 aliphatic carbocycles. The molecule has 2 rings (SSSR count). The molecule has 2 heterocycles. The molecule has 0 aromatic carbocycles. The summed E-state index contributed by atoms with van der Waals surface area (Å²) in [6, 6.07) is 0. The number of aromatic nitrogens is 3. The summed E-state index contributed by atoms with van der Waals surface area (Å²) in [4.78, 5) is 16.9. The molecule has 1 aromatic heterocycles. The zero-order chi connectivity index (χ0) is 15.1. The smallest absolute Gasteiger partial charge is 0.232 e. The van der Waals surface area contributed by atoms with Crippen LogP contribution in [0.25, 0.3) is 0 Å². The van der Waals surface area contributed by atoms with E-state index in [4.69, 9.17) is 10.5 Å². The van der Waals surface area contributed by atoms with Crippen LogP contribution >= 0.6 is 0 Å². The molecule has 118 valence electrons. The van der Waals surface area contributed by atoms with Crippen molar-refractivity contribution in [1.29, 1.82) is 0 Å². The summed E-state index contributed by atoms with van der Waals surface area (Å²) < 4.78 is 5.33. The lowest BCUT2D eigenvalue weighted by Gasteiger charge is -2.28. The van der Waals surface area contributed by atoms with E-state index in [1.165, 1.54) is 0 Å². The number of hydrogen-bond donors (Lipinski definition) is 2. The minimum absolute atomic E-state index is 0.0577. The Morgan fingerprint density at radius 1 is 1.24 bits per heavy atom. The first kappa shape index (κ1) is 15.7. The Kier molecular flexibility index (Phi) is 5.94. The van der Waals surface area contributed by atoms with E-state index in [0.717, 1.165) is 32.5 Å². The normalized spacial score (nSPS) is 15.2. The van der Waals surface area contributed by atoms with E-state index in [1.807, 2.05) is 9.80 Å². The predicted octanol–water partition coefficient (Wildman–Crippen LogP) is -0.111. The maximum atomic E-state index is 9.21. The number of nitrogens with zero attached hydrogens (tertiary/aromatic N) is 5. The van der Waals surface area contributed by atoms with Crippen molar-refractivity contribution in [3.63, 3.8) is 0 Å². The van der Waals surface area contributed by atoms with Crippen LogP contribution < -0.4 is 15.5 Å². The Morgan fingerprint density at radius 3 is 2.67 bits per heavy atom. The molecule has 8 nitrogen and oxygen atoms in total. The van der Waals surface area contributed by atoms with Gasteiger partial charge in [0, 0.05) is 26.2 Å². The van der Waals surface area contributed by atoms with E-state index < -0.39 is 0 Å². The fraction of sp³-hybridized carbons (Fsp3) is 0.769. The third kappa shape index (κ3) is 4.40. The third-order valence-corrected chi connectivity index (χ3v) is 3.36. The third-order valence-electron chi connectivity index (χ3n) is 3.36. The molecule has 0 radical (unpaired) electrons. The Labute approximate surface area is 125 Å². The molecule has 0 spiro atoms. The topological polar surface area (TPSA) is 101 Å². The maximum Gasteiger partial charge on any atom is 0.232 e. The van der Waals surface area contributed by atoms with Crippen molar-refractivity contribution in [3.05, 3.63) is 0 Å². The number of aliphatic hydroxyl groups is 1. The van der Waals surface area contributed by atoms with E-state index in [2.05, 4.69) is 21.9 Å². The second kappa shape index (κ2) is 7.94. The highest BCUT2D eigenvalue weighted by atomic mass is 16.5. The van der Waals surface area contributed by atoms with Gasteiger partial charge in [-0.15, -0.1) is 0 Å². The zero-order valence-corrected chi connectivity index (χ0v) is 12.5. The second-order valence-electron chi connectivity index (χ2n) is 4.96. The number of rotatable bonds is 7. The fourth-order valence-electron chi connectivity index (χ4n) is 2.20. The minimum atomic E-state index is 0.0577. The van der Waals surface area contributed by atoms with Gasteiger partial charge in [0.25, 0.3) is 0 Å². The molecule has 21 heavy (non-hydrogen) atoms. The average Bonchev–Trinajstić information content (AvgIpc) is 2.51. The molecular formula is C13H24N6O2. The van der Waals surface area contributed by atoms with Gasteiger partial charge in [-0.05, 0) is 6.42 Å². The molecule has 1 aliphatic rings. The molecule has 8 heteroatoms. The molecule has 0 unspecified atom stereocenters. The summed E-state index contributed by atoms with van der Waals surface area (Å²) in [5, 5.41) is 9.21. The van der Waals surface area contributed by atoms with Crippen LogP contribution in [0.1, 0.15) is 19.8 Å². The number of nitrogen functional groups attached to an aromatic ring is 1. The van der Waals surface area contributed by atoms with E-state index >= 15 is 0 Å². The largest absolute Gasteiger partial charge is 0.395 e. The maximum absolute atomic E-state index is 9.21. The van der Waals surface area contributed by atoms with Gasteiger partial charge in [-0.1, -0.05) is 13.3 Å². The molecular weight excluding hydrogens is 272 g/mol. The summed E-state index contributed by atoms with van der Waals surface area (Å²) in [7, 11) is 0. The molecule has 0 amide bonds. The Morgan fingerprint density at radius 2 is 2.00 bits per heavy atom. The predicted molar refractivity (Wildman–Crippen MR) is 81.5 cm³/mol. The first-order valence-corrected chi connectivity index (χ1v) is 7.44. The van der Waals surface area contributed by atoms with E-state index in [9.17, 15) is 5.11 Å². The Hall–Kier alpha value is -1.67. The number of morpholine rings is 1. The minimum Gasteiger partial charge on any atom is -0.395 e. The number of unbranched alkanes of at least 4 members (excludes halogenated alkanes) is 1. The first-order valence-electron chi connectivity index (χ1n) is 7.44. The molecule has 1 aromatic rings. The lowest BCUT2D eigenvalue weighted by Crippen LogP contribution is -2.38. The van der Waals surface area contributed by atoms with Gasteiger partial charge in [0.2, 0.25) is 17.8 Å². The highest BCUT2D eigenvalue weighted by Gasteiger charge is 2.18. The lowest BCUT2D eigenvalue weighted by atomic mass is 10.3. The van der Waals surface area contributed by atoms with Crippen LogP contribution in [-0.4, -0.2) is 66.1 Å². The second-order valence-corrected chi connectivity index (χ2v) is 4.96. The van der Waals surface area contributed by atoms with Crippen molar-refractivity contribution < 1.29 is 9.84 Å². The van der Waals surface area contributed by atoms with Gasteiger partial charge in [-0.2, -0.15) is 15.0 Å². The average molecular weight is 296 g/mol. The first-order chi connectivity index (χ1) is 10.2. The van der Waals surface area contributed by atoms with Crippen molar-refractivity contribution in [3.8, 4) is 0 Å². The Balaban J connectivity index is 2.18. The quantitative estimate of drug-likeness (QED) is 0.719. The van der Waals surface area contributed by atoms with Crippen molar-refractivity contribution in [2.75, 3.05) is 61.5 Å². The van der Waals surface area contributed by atoms with Gasteiger partial charge in [0.05, 0.1) is 19.8 Å². The van der Waals surface area contributed by atoms with E-state index in [0.29, 0.717) is 31.7 Å². The number of ether oxygens (including phenoxy) is 1. The molecule has 1 aliphatic heterocycles. The summed E-state index contributed by atoms with van der Waals surface area (Å²) in [5.74, 6) is 1.33. The highest BCUT2D eigenvalue weighted by molar-refractivity contribution is 5.43. The van der Waals surface area contributed by atoms with Gasteiger partial charge in [-0.25, -0.2) is 0 Å². The van der Waals surface area contributed by atoms with Crippen LogP contribution in [0.5, 0.6) is 0 Å². The van der Waals surface area contributed by atoms with Gasteiger partial charge in [-0.3, -0.25) is 0 Å². The lowest BCUT2D eigenvalue weighted by molar-refractivity contribution is 0.122. The number of anilines is 3. The summed E-state index contributed by atoms with van der Waals surface area (Å²) >= 11 is 0. The monoisotopic (exact) mass is 296 g/mol. The molecule has 0 atom stereocenters. The Bertz CT molecular complexity index is 439. The van der Waals surface area contributed by atoms with Crippen LogP contribution in [-0.2, 0) is 4.74 Å². The molecule has 0 bridgehead atoms. The van der Waals surface area contributed by atoms with Crippen molar-refractivity contribution >= 4 is 17.8 Å². The molecule has 0 saturated carbocycles. The van der Waals surface area contributed by atoms with Crippen LogP contribution in [0.15, 0.2) is 0 Å². The number of aliphatic hydroxyl groups excluding tert-OH is 1. The van der Waals surface area contributed by atoms with Gasteiger partial charge >= 0.3 is 0 Å². The van der Waals surface area contributed by atoms with Crippen LogP contribution in [0.2, 0.25) is 0 Å². The van der Waals surface area contributed by atoms with Crippen molar-refractivity contribution in [2.45, 2.75) is 19.8 Å². The molecule has 3 N–H and O–H groups in total. The van der Waals surface area contributed by atoms with Crippen molar-refractivity contribution in [1.82, 2.24) is 15.0 Å². The molecule has 1 saturated heterocycles. The number of nitrogens with two attached hydrogens (primary N) is 1. The summed E-state index contributed by atoms with van der Waals surface area (Å²) in [6.45, 7) is 6.29. The molecule has 1 fully saturated rings. The highest BCUT2D eigenvalue weighted by Crippen LogP contribution is 2.16. The summed E-state index contributed by atoms with van der Waals surface area (Å²) in [5.41, 5.74) is 5.82. The van der Waals surface area contributed by atoms with Crippen LogP contribution in [0.3, 0.4) is 0 Å². The number of hydrogen-bond acceptors (Lipinski definition) is 8. The van der Waals surface area contributed by atoms with Crippen LogP contribution in [0.4, 0.5) is 17.8 Å². The van der Waals surface area contributed by atoms with Gasteiger partial charge < -0.3 is 25.4 Å². The zero-order valence-electron chi connectivity index (χ0n) is 12.5. The fourth-order valence-corrected chi connectivity index (χ4v) is 2.20. The van der Waals surface area contributed by atoms with Gasteiger partial charge in [0.1, 0.15) is 0 Å². The van der Waals surface area contributed by atoms with Crippen molar-refractivity contribution in [2.24, 2.45) is 0 Å². The van der Waals surface area contributed by atoms with Gasteiger partial charge in [0.15, 0.2) is 0 Å². The standard InChI is InChI=1S/C13H24N6O2/c1-2-3-4-18(5-8-20)12-15-11(14)16-13(17-12)19-6-9-21-10-7-19/h20H,2-10H2,1H3,(H2,14,15,16,17). The van der Waals surface area contributed by atoms with Crippen LogP contribution in [0, 0.1) is 0 Å². The van der Waals surface area contributed by atoms with E-state index in [-0.39, 0.29) is 12.6 Å². The summed E-state index contributed by atoms with van der Waals surface area (Å²) in [6.07, 6.45) is 2.08.